The number of carbonyl (C=O) groups excluding carboxylic acids is 2. The number of benzene rings is 2. The summed E-state index contributed by atoms with van der Waals surface area (Å²) >= 11 is 0. The van der Waals surface area contributed by atoms with Crippen molar-refractivity contribution in [2.75, 3.05) is 0 Å². The lowest BCUT2D eigenvalue weighted by molar-refractivity contribution is -0.385. The Hall–Kier alpha value is -4.48. The van der Waals surface area contributed by atoms with E-state index in [-0.39, 0.29) is 28.9 Å². The molecule has 31 heavy (non-hydrogen) atoms. The lowest BCUT2D eigenvalue weighted by Gasteiger charge is -2.10. The average Bonchev–Trinajstić information content (AvgIpc) is 2.74. The Bertz CT molecular complexity index is 970. The number of carbonyl (C=O) groups is 2. The second kappa shape index (κ2) is 10.9. The fourth-order valence-electron chi connectivity index (χ4n) is 2.50. The molecular formula is C19H18N6O6. The minimum atomic E-state index is -1.15. The van der Waals surface area contributed by atoms with Crippen molar-refractivity contribution in [1.29, 1.82) is 0 Å². The molecular weight excluding hydrogens is 408 g/mol. The number of nitrogens with zero attached hydrogens (tertiary/aromatic N) is 4. The van der Waals surface area contributed by atoms with Gasteiger partial charge >= 0.3 is 0 Å². The smallest absolute Gasteiger partial charge is 0.272 e. The maximum Gasteiger partial charge on any atom is 0.278 e. The predicted molar refractivity (Wildman–Crippen MR) is 111 cm³/mol. The molecule has 0 unspecified atom stereocenters. The largest absolute Gasteiger partial charge is 0.278 e. The molecule has 2 amide bonds. The molecule has 0 atom stereocenters. The van der Waals surface area contributed by atoms with E-state index in [1.165, 1.54) is 36.4 Å². The van der Waals surface area contributed by atoms with Crippen molar-refractivity contribution in [2.45, 2.75) is 13.3 Å². The summed E-state index contributed by atoms with van der Waals surface area (Å²) in [7, 11) is 0. The fourth-order valence-corrected chi connectivity index (χ4v) is 2.50. The molecule has 2 rings (SSSR count). The Balaban J connectivity index is 2.00. The third-order valence-corrected chi connectivity index (χ3v) is 4.06. The number of amides is 2. The second-order valence-electron chi connectivity index (χ2n) is 6.06. The summed E-state index contributed by atoms with van der Waals surface area (Å²) < 4.78 is 0. The first-order valence-electron chi connectivity index (χ1n) is 8.97. The van der Waals surface area contributed by atoms with E-state index in [0.29, 0.717) is 0 Å². The van der Waals surface area contributed by atoms with Gasteiger partial charge in [0, 0.05) is 12.1 Å². The first kappa shape index (κ1) is 22.8. The minimum Gasteiger partial charge on any atom is -0.272 e. The van der Waals surface area contributed by atoms with Crippen LogP contribution in [0.4, 0.5) is 11.4 Å². The molecule has 0 spiro atoms. The number of hydrogen-bond donors (Lipinski definition) is 2. The van der Waals surface area contributed by atoms with E-state index >= 15 is 0 Å². The zero-order valence-electron chi connectivity index (χ0n) is 16.3. The van der Waals surface area contributed by atoms with Gasteiger partial charge < -0.3 is 0 Å². The number of nitro benzene ring substituents is 2. The van der Waals surface area contributed by atoms with Crippen molar-refractivity contribution in [2.24, 2.45) is 16.1 Å². The Morgan fingerprint density at radius 1 is 0.871 bits per heavy atom. The van der Waals surface area contributed by atoms with Crippen LogP contribution in [0, 0.1) is 26.1 Å². The summed E-state index contributed by atoms with van der Waals surface area (Å²) in [6, 6.07) is 11.6. The highest BCUT2D eigenvalue weighted by Crippen LogP contribution is 2.16. The molecule has 0 fully saturated rings. The van der Waals surface area contributed by atoms with Gasteiger partial charge in [-0.15, -0.1) is 0 Å². The zero-order valence-corrected chi connectivity index (χ0v) is 16.3. The average molecular weight is 426 g/mol. The number of hydrazone groups is 2. The van der Waals surface area contributed by atoms with Crippen LogP contribution in [0.3, 0.4) is 0 Å². The first-order chi connectivity index (χ1) is 14.8. The van der Waals surface area contributed by atoms with Crippen LogP contribution < -0.4 is 10.9 Å². The van der Waals surface area contributed by atoms with Gasteiger partial charge in [-0.25, -0.2) is 10.9 Å². The summed E-state index contributed by atoms with van der Waals surface area (Å²) in [6.07, 6.45) is 2.33. The van der Waals surface area contributed by atoms with Crippen LogP contribution in [0.15, 0.2) is 58.7 Å². The SMILES string of the molecule is CCC(C(=O)N/N=C\c1ccccc1[N+](=O)[O-])C(=O)N/N=C\c1ccccc1[N+](=O)[O-]. The van der Waals surface area contributed by atoms with E-state index in [4.69, 9.17) is 0 Å². The Kier molecular flexibility index (Phi) is 8.02. The van der Waals surface area contributed by atoms with Gasteiger partial charge in [-0.1, -0.05) is 31.2 Å². The van der Waals surface area contributed by atoms with Gasteiger partial charge in [-0.05, 0) is 18.6 Å². The molecule has 0 saturated heterocycles. The lowest BCUT2D eigenvalue weighted by atomic mass is 10.1. The van der Waals surface area contributed by atoms with E-state index in [1.807, 2.05) is 0 Å². The van der Waals surface area contributed by atoms with Gasteiger partial charge in [0.25, 0.3) is 23.2 Å². The molecule has 0 saturated carbocycles. The molecule has 0 aliphatic carbocycles. The third-order valence-electron chi connectivity index (χ3n) is 4.06. The van der Waals surface area contributed by atoms with Crippen LogP contribution in [-0.2, 0) is 9.59 Å². The Morgan fingerprint density at radius 3 is 1.61 bits per heavy atom. The second-order valence-corrected chi connectivity index (χ2v) is 6.06. The molecule has 0 aliphatic rings. The summed E-state index contributed by atoms with van der Waals surface area (Å²) in [6.45, 7) is 1.60. The molecule has 0 heterocycles. The van der Waals surface area contributed by atoms with Gasteiger partial charge in [0.2, 0.25) is 0 Å². The summed E-state index contributed by atoms with van der Waals surface area (Å²) in [5, 5.41) is 29.3. The van der Waals surface area contributed by atoms with Gasteiger partial charge in [0.1, 0.15) is 5.92 Å². The van der Waals surface area contributed by atoms with Crippen LogP contribution in [0.2, 0.25) is 0 Å². The van der Waals surface area contributed by atoms with E-state index in [9.17, 15) is 29.8 Å². The first-order valence-corrected chi connectivity index (χ1v) is 8.97. The predicted octanol–water partition coefficient (Wildman–Crippen LogP) is 2.13. The van der Waals surface area contributed by atoms with Crippen molar-refractivity contribution in [1.82, 2.24) is 10.9 Å². The van der Waals surface area contributed by atoms with Crippen molar-refractivity contribution in [3.05, 3.63) is 79.9 Å². The van der Waals surface area contributed by atoms with Crippen molar-refractivity contribution < 1.29 is 19.4 Å². The summed E-state index contributed by atoms with van der Waals surface area (Å²) in [5.74, 6) is -2.63. The number of nitro groups is 2. The molecule has 2 aromatic carbocycles. The number of para-hydroxylation sites is 2. The molecule has 0 bridgehead atoms. The normalized spacial score (nSPS) is 11.0. The van der Waals surface area contributed by atoms with Crippen molar-refractivity contribution in [3.8, 4) is 0 Å². The van der Waals surface area contributed by atoms with Gasteiger partial charge in [-0.3, -0.25) is 29.8 Å². The van der Waals surface area contributed by atoms with E-state index in [2.05, 4.69) is 21.1 Å². The quantitative estimate of drug-likeness (QED) is 0.269. The maximum absolute atomic E-state index is 12.2. The Morgan fingerprint density at radius 2 is 1.26 bits per heavy atom. The molecule has 0 aromatic heterocycles. The minimum absolute atomic E-state index is 0.125. The molecule has 2 N–H and O–H groups in total. The van der Waals surface area contributed by atoms with Gasteiger partial charge in [-0.2, -0.15) is 10.2 Å². The fraction of sp³-hybridized carbons (Fsp3) is 0.158. The maximum atomic E-state index is 12.2. The van der Waals surface area contributed by atoms with Gasteiger partial charge in [0.15, 0.2) is 0 Å². The topological polar surface area (TPSA) is 169 Å². The Labute approximate surface area is 176 Å². The number of nitrogens with one attached hydrogen (secondary N) is 2. The van der Waals surface area contributed by atoms with Crippen LogP contribution >= 0.6 is 0 Å². The molecule has 12 nitrogen and oxygen atoms in total. The van der Waals surface area contributed by atoms with Crippen LogP contribution in [-0.4, -0.2) is 34.1 Å². The summed E-state index contributed by atoms with van der Waals surface area (Å²) in [4.78, 5) is 45.3. The molecule has 2 aromatic rings. The number of rotatable bonds is 9. The van der Waals surface area contributed by atoms with Crippen molar-refractivity contribution >= 4 is 35.6 Å². The molecule has 0 aliphatic heterocycles. The molecule has 0 radical (unpaired) electrons. The monoisotopic (exact) mass is 426 g/mol. The van der Waals surface area contributed by atoms with E-state index < -0.39 is 27.6 Å². The van der Waals surface area contributed by atoms with Crippen LogP contribution in [0.25, 0.3) is 0 Å². The lowest BCUT2D eigenvalue weighted by Crippen LogP contribution is -2.37. The van der Waals surface area contributed by atoms with Crippen LogP contribution in [0.5, 0.6) is 0 Å². The van der Waals surface area contributed by atoms with E-state index in [1.54, 1.807) is 19.1 Å². The highest BCUT2D eigenvalue weighted by Gasteiger charge is 2.24. The molecule has 160 valence electrons. The standard InChI is InChI=1S/C19H18N6O6/c1-2-15(18(26)22-20-11-13-7-3-5-9-16(13)24(28)29)19(27)23-21-12-14-8-4-6-10-17(14)25(30)31/h3-12,15H,2H2,1H3,(H,22,26)(H,23,27)/b20-11-,21-12-. The highest BCUT2D eigenvalue weighted by molar-refractivity contribution is 6.01. The summed E-state index contributed by atoms with van der Waals surface area (Å²) in [5.41, 5.74) is 4.32. The number of hydrogen-bond acceptors (Lipinski definition) is 8. The van der Waals surface area contributed by atoms with Crippen LogP contribution in [0.1, 0.15) is 24.5 Å². The zero-order chi connectivity index (χ0) is 22.8. The van der Waals surface area contributed by atoms with E-state index in [0.717, 1.165) is 12.4 Å². The van der Waals surface area contributed by atoms with Gasteiger partial charge in [0.05, 0.1) is 33.4 Å². The third kappa shape index (κ3) is 6.25. The highest BCUT2D eigenvalue weighted by atomic mass is 16.6. The molecule has 12 heteroatoms. The van der Waals surface area contributed by atoms with Crippen molar-refractivity contribution in [3.63, 3.8) is 0 Å².